The minimum atomic E-state index is 0.0265. The second-order valence-corrected chi connectivity index (χ2v) is 6.90. The highest BCUT2D eigenvalue weighted by atomic mass is 16.2. The molecular formula is C19H26N6O. The van der Waals surface area contributed by atoms with Crippen LogP contribution in [0.1, 0.15) is 30.6 Å². The van der Waals surface area contributed by atoms with Crippen molar-refractivity contribution in [1.29, 1.82) is 0 Å². The van der Waals surface area contributed by atoms with Gasteiger partial charge in [0.25, 0.3) is 5.91 Å². The van der Waals surface area contributed by atoms with Crippen LogP contribution < -0.4 is 10.2 Å². The van der Waals surface area contributed by atoms with Gasteiger partial charge in [0.1, 0.15) is 0 Å². The zero-order valence-corrected chi connectivity index (χ0v) is 15.4. The van der Waals surface area contributed by atoms with Crippen molar-refractivity contribution < 1.29 is 4.79 Å². The number of pyridine rings is 1. The SMILES string of the molecule is CC(C)CCNc1cncc(C(=O)N2CCN(c3ncccn3)CC2)c1. The number of hydrogen-bond donors (Lipinski definition) is 1. The van der Waals surface area contributed by atoms with Gasteiger partial charge in [-0.25, -0.2) is 9.97 Å². The lowest BCUT2D eigenvalue weighted by Crippen LogP contribution is -2.49. The Kier molecular flexibility index (Phi) is 5.99. The predicted molar refractivity (Wildman–Crippen MR) is 102 cm³/mol. The molecule has 0 aromatic carbocycles. The van der Waals surface area contributed by atoms with Crippen molar-refractivity contribution in [2.24, 2.45) is 5.92 Å². The van der Waals surface area contributed by atoms with E-state index in [1.165, 1.54) is 0 Å². The summed E-state index contributed by atoms with van der Waals surface area (Å²) in [6, 6.07) is 3.70. The number of piperazine rings is 1. The maximum Gasteiger partial charge on any atom is 0.255 e. The summed E-state index contributed by atoms with van der Waals surface area (Å²) < 4.78 is 0. The summed E-state index contributed by atoms with van der Waals surface area (Å²) in [7, 11) is 0. The Morgan fingerprint density at radius 3 is 2.58 bits per heavy atom. The molecule has 0 radical (unpaired) electrons. The van der Waals surface area contributed by atoms with Crippen molar-refractivity contribution >= 4 is 17.5 Å². The van der Waals surface area contributed by atoms with E-state index >= 15 is 0 Å². The molecule has 0 saturated carbocycles. The number of hydrogen-bond acceptors (Lipinski definition) is 6. The molecule has 0 atom stereocenters. The smallest absolute Gasteiger partial charge is 0.255 e. The third kappa shape index (κ3) is 4.68. The van der Waals surface area contributed by atoms with Gasteiger partial charge in [0, 0.05) is 57.5 Å². The number of nitrogens with one attached hydrogen (secondary N) is 1. The molecule has 0 unspecified atom stereocenters. The van der Waals surface area contributed by atoms with Gasteiger partial charge < -0.3 is 15.1 Å². The van der Waals surface area contributed by atoms with Crippen LogP contribution in [0.15, 0.2) is 36.9 Å². The number of anilines is 2. The van der Waals surface area contributed by atoms with Crippen LogP contribution in [-0.4, -0.2) is 58.5 Å². The molecule has 1 N–H and O–H groups in total. The normalized spacial score (nSPS) is 14.6. The van der Waals surface area contributed by atoms with Gasteiger partial charge in [-0.15, -0.1) is 0 Å². The van der Waals surface area contributed by atoms with E-state index in [9.17, 15) is 4.79 Å². The Hall–Kier alpha value is -2.70. The van der Waals surface area contributed by atoms with Gasteiger partial charge in [-0.2, -0.15) is 0 Å². The summed E-state index contributed by atoms with van der Waals surface area (Å²) in [6.07, 6.45) is 7.97. The Morgan fingerprint density at radius 2 is 1.88 bits per heavy atom. The molecular weight excluding hydrogens is 328 g/mol. The Labute approximate surface area is 154 Å². The Balaban J connectivity index is 1.56. The zero-order chi connectivity index (χ0) is 18.4. The lowest BCUT2D eigenvalue weighted by molar-refractivity contribution is 0.0746. The predicted octanol–water partition coefficient (Wildman–Crippen LogP) is 2.29. The van der Waals surface area contributed by atoms with Crippen LogP contribution >= 0.6 is 0 Å². The summed E-state index contributed by atoms with van der Waals surface area (Å²) in [6.45, 7) is 8.04. The van der Waals surface area contributed by atoms with E-state index in [1.807, 2.05) is 11.0 Å². The van der Waals surface area contributed by atoms with Crippen molar-refractivity contribution in [3.8, 4) is 0 Å². The van der Waals surface area contributed by atoms with Crippen LogP contribution in [0, 0.1) is 5.92 Å². The molecule has 0 bridgehead atoms. The quantitative estimate of drug-likeness (QED) is 0.858. The van der Waals surface area contributed by atoms with E-state index in [0.717, 1.165) is 37.7 Å². The van der Waals surface area contributed by atoms with E-state index < -0.39 is 0 Å². The molecule has 1 saturated heterocycles. The first-order valence-corrected chi connectivity index (χ1v) is 9.13. The van der Waals surface area contributed by atoms with Gasteiger partial charge in [-0.05, 0) is 24.5 Å². The molecule has 7 heteroatoms. The van der Waals surface area contributed by atoms with Crippen molar-refractivity contribution in [2.45, 2.75) is 20.3 Å². The molecule has 1 amide bonds. The van der Waals surface area contributed by atoms with Gasteiger partial charge in [0.2, 0.25) is 5.95 Å². The number of carbonyl (C=O) groups excluding carboxylic acids is 1. The fraction of sp³-hybridized carbons (Fsp3) is 0.474. The van der Waals surface area contributed by atoms with Crippen molar-refractivity contribution in [3.05, 3.63) is 42.5 Å². The van der Waals surface area contributed by atoms with Crippen LogP contribution in [0.2, 0.25) is 0 Å². The molecule has 1 aliphatic rings. The molecule has 1 fully saturated rings. The zero-order valence-electron chi connectivity index (χ0n) is 15.4. The van der Waals surface area contributed by atoms with Crippen LogP contribution in [0.3, 0.4) is 0 Å². The third-order valence-corrected chi connectivity index (χ3v) is 4.44. The first-order chi connectivity index (χ1) is 12.6. The highest BCUT2D eigenvalue weighted by Crippen LogP contribution is 2.15. The number of carbonyl (C=O) groups is 1. The van der Waals surface area contributed by atoms with Crippen molar-refractivity contribution in [3.63, 3.8) is 0 Å². The highest BCUT2D eigenvalue weighted by molar-refractivity contribution is 5.94. The fourth-order valence-electron chi connectivity index (χ4n) is 2.91. The summed E-state index contributed by atoms with van der Waals surface area (Å²) in [4.78, 5) is 29.5. The number of nitrogens with zero attached hydrogens (tertiary/aromatic N) is 5. The Bertz CT molecular complexity index is 713. The van der Waals surface area contributed by atoms with Gasteiger partial charge in [0.15, 0.2) is 0 Å². The van der Waals surface area contributed by atoms with E-state index in [-0.39, 0.29) is 5.91 Å². The van der Waals surface area contributed by atoms with E-state index in [4.69, 9.17) is 0 Å². The first-order valence-electron chi connectivity index (χ1n) is 9.13. The van der Waals surface area contributed by atoms with Crippen LogP contribution in [-0.2, 0) is 0 Å². The third-order valence-electron chi connectivity index (χ3n) is 4.44. The maximum absolute atomic E-state index is 12.8. The second kappa shape index (κ2) is 8.60. The topological polar surface area (TPSA) is 74.2 Å². The standard InChI is InChI=1S/C19H26N6O/c1-15(2)4-7-21-17-12-16(13-20-14-17)18(26)24-8-10-25(11-9-24)19-22-5-3-6-23-19/h3,5-6,12-15,21H,4,7-11H2,1-2H3. The van der Waals surface area contributed by atoms with Gasteiger partial charge in [0.05, 0.1) is 11.3 Å². The molecule has 1 aliphatic heterocycles. The summed E-state index contributed by atoms with van der Waals surface area (Å²) in [5.41, 5.74) is 1.52. The van der Waals surface area contributed by atoms with E-state index in [0.29, 0.717) is 24.6 Å². The minimum absolute atomic E-state index is 0.0265. The Morgan fingerprint density at radius 1 is 1.15 bits per heavy atom. The van der Waals surface area contributed by atoms with Gasteiger partial charge >= 0.3 is 0 Å². The molecule has 3 rings (SSSR count). The largest absolute Gasteiger partial charge is 0.384 e. The lowest BCUT2D eigenvalue weighted by Gasteiger charge is -2.34. The van der Waals surface area contributed by atoms with E-state index in [2.05, 4.69) is 39.0 Å². The van der Waals surface area contributed by atoms with Crippen LogP contribution in [0.4, 0.5) is 11.6 Å². The van der Waals surface area contributed by atoms with Crippen molar-refractivity contribution in [2.75, 3.05) is 42.9 Å². The number of amides is 1. The summed E-state index contributed by atoms with van der Waals surface area (Å²) in [5, 5.41) is 3.34. The molecule has 2 aromatic rings. The van der Waals surface area contributed by atoms with E-state index in [1.54, 1.807) is 30.9 Å². The molecule has 0 spiro atoms. The number of rotatable bonds is 6. The summed E-state index contributed by atoms with van der Waals surface area (Å²) >= 11 is 0. The average molecular weight is 354 g/mol. The first kappa shape index (κ1) is 18.1. The fourth-order valence-corrected chi connectivity index (χ4v) is 2.91. The second-order valence-electron chi connectivity index (χ2n) is 6.90. The lowest BCUT2D eigenvalue weighted by atomic mass is 10.1. The summed E-state index contributed by atoms with van der Waals surface area (Å²) in [5.74, 6) is 1.39. The van der Waals surface area contributed by atoms with Gasteiger partial charge in [-0.3, -0.25) is 9.78 Å². The number of aromatic nitrogens is 3. The minimum Gasteiger partial charge on any atom is -0.384 e. The van der Waals surface area contributed by atoms with Crippen molar-refractivity contribution in [1.82, 2.24) is 19.9 Å². The highest BCUT2D eigenvalue weighted by Gasteiger charge is 2.23. The molecule has 3 heterocycles. The molecule has 0 aliphatic carbocycles. The molecule has 7 nitrogen and oxygen atoms in total. The van der Waals surface area contributed by atoms with Crippen LogP contribution in [0.25, 0.3) is 0 Å². The average Bonchev–Trinajstić information content (AvgIpc) is 2.68. The monoisotopic (exact) mass is 354 g/mol. The van der Waals surface area contributed by atoms with Gasteiger partial charge in [-0.1, -0.05) is 13.8 Å². The molecule has 2 aromatic heterocycles. The molecule has 26 heavy (non-hydrogen) atoms. The maximum atomic E-state index is 12.8. The molecule has 138 valence electrons. The van der Waals surface area contributed by atoms with Crippen LogP contribution in [0.5, 0.6) is 0 Å².